The van der Waals surface area contributed by atoms with E-state index in [0.29, 0.717) is 0 Å². The zero-order chi connectivity index (χ0) is 8.97. The van der Waals surface area contributed by atoms with E-state index in [2.05, 4.69) is 31.2 Å². The molecule has 0 aromatic carbocycles. The molecule has 72 valence electrons. The van der Waals surface area contributed by atoms with Crippen LogP contribution in [0, 0.1) is 0 Å². The summed E-state index contributed by atoms with van der Waals surface area (Å²) in [5.41, 5.74) is 0. The molecule has 1 N–H and O–H groups in total. The normalized spacial score (nSPS) is 30.0. The Bertz CT molecular complexity index is 125. The lowest BCUT2D eigenvalue weighted by Crippen LogP contribution is -2.44. The summed E-state index contributed by atoms with van der Waals surface area (Å²) < 4.78 is 0. The molecule has 0 aromatic heterocycles. The van der Waals surface area contributed by atoms with E-state index in [9.17, 15) is 0 Å². The molecule has 0 spiro atoms. The minimum Gasteiger partial charge on any atom is -0.315 e. The number of hydrogen-bond donors (Lipinski definition) is 1. The SMILES string of the molecule is CCCN(C)C1CCCC1NC. The van der Waals surface area contributed by atoms with Crippen LogP contribution in [0.2, 0.25) is 0 Å². The molecule has 0 aliphatic heterocycles. The second-order valence-corrected chi connectivity index (χ2v) is 3.87. The Hall–Kier alpha value is -0.0800. The van der Waals surface area contributed by atoms with E-state index in [4.69, 9.17) is 0 Å². The van der Waals surface area contributed by atoms with Gasteiger partial charge in [0, 0.05) is 12.1 Å². The minimum absolute atomic E-state index is 0.738. The zero-order valence-electron chi connectivity index (χ0n) is 8.64. The molecular formula is C10H22N2. The van der Waals surface area contributed by atoms with Gasteiger partial charge in [0.15, 0.2) is 0 Å². The highest BCUT2D eigenvalue weighted by atomic mass is 15.2. The summed E-state index contributed by atoms with van der Waals surface area (Å²) >= 11 is 0. The van der Waals surface area contributed by atoms with Gasteiger partial charge in [-0.05, 0) is 39.9 Å². The summed E-state index contributed by atoms with van der Waals surface area (Å²) in [4.78, 5) is 2.51. The van der Waals surface area contributed by atoms with E-state index in [1.54, 1.807) is 0 Å². The number of nitrogens with one attached hydrogen (secondary N) is 1. The van der Waals surface area contributed by atoms with Gasteiger partial charge in [-0.2, -0.15) is 0 Å². The van der Waals surface area contributed by atoms with E-state index in [1.807, 2.05) is 0 Å². The minimum atomic E-state index is 0.738. The molecule has 1 rings (SSSR count). The molecule has 1 saturated carbocycles. The third kappa shape index (κ3) is 2.20. The summed E-state index contributed by atoms with van der Waals surface area (Å²) in [6.45, 7) is 3.49. The van der Waals surface area contributed by atoms with Crippen LogP contribution >= 0.6 is 0 Å². The van der Waals surface area contributed by atoms with Crippen LogP contribution in [-0.2, 0) is 0 Å². The van der Waals surface area contributed by atoms with Crippen molar-refractivity contribution in [2.24, 2.45) is 0 Å². The predicted molar refractivity (Wildman–Crippen MR) is 53.4 cm³/mol. The highest BCUT2D eigenvalue weighted by Crippen LogP contribution is 2.22. The van der Waals surface area contributed by atoms with Crippen LogP contribution in [0.3, 0.4) is 0 Å². The van der Waals surface area contributed by atoms with Crippen molar-refractivity contribution in [3.63, 3.8) is 0 Å². The van der Waals surface area contributed by atoms with Crippen LogP contribution in [0.1, 0.15) is 32.6 Å². The molecule has 1 fully saturated rings. The Labute approximate surface area is 76.3 Å². The number of hydrogen-bond acceptors (Lipinski definition) is 2. The highest BCUT2D eigenvalue weighted by Gasteiger charge is 2.28. The van der Waals surface area contributed by atoms with Crippen molar-refractivity contribution in [3.8, 4) is 0 Å². The molecule has 0 amide bonds. The maximum atomic E-state index is 3.41. The molecule has 1 aliphatic rings. The fourth-order valence-electron chi connectivity index (χ4n) is 2.32. The van der Waals surface area contributed by atoms with E-state index in [0.717, 1.165) is 12.1 Å². The molecule has 0 bridgehead atoms. The van der Waals surface area contributed by atoms with Gasteiger partial charge in [-0.15, -0.1) is 0 Å². The quantitative estimate of drug-likeness (QED) is 0.687. The molecule has 1 aliphatic carbocycles. The first kappa shape index (κ1) is 10.0. The molecule has 0 heterocycles. The fourth-order valence-corrected chi connectivity index (χ4v) is 2.32. The highest BCUT2D eigenvalue weighted by molar-refractivity contribution is 4.88. The smallest absolute Gasteiger partial charge is 0.0246 e. The Morgan fingerprint density at radius 1 is 1.42 bits per heavy atom. The molecule has 12 heavy (non-hydrogen) atoms. The molecule has 0 radical (unpaired) electrons. The van der Waals surface area contributed by atoms with Gasteiger partial charge < -0.3 is 10.2 Å². The van der Waals surface area contributed by atoms with Gasteiger partial charge in [-0.1, -0.05) is 13.3 Å². The molecule has 0 aromatic rings. The van der Waals surface area contributed by atoms with E-state index < -0.39 is 0 Å². The van der Waals surface area contributed by atoms with E-state index >= 15 is 0 Å². The van der Waals surface area contributed by atoms with Crippen LogP contribution in [0.5, 0.6) is 0 Å². The lowest BCUT2D eigenvalue weighted by molar-refractivity contribution is 0.216. The van der Waals surface area contributed by atoms with Crippen molar-refractivity contribution in [3.05, 3.63) is 0 Å². The van der Waals surface area contributed by atoms with Gasteiger partial charge in [0.05, 0.1) is 0 Å². The maximum Gasteiger partial charge on any atom is 0.0246 e. The number of nitrogens with zero attached hydrogens (tertiary/aromatic N) is 1. The van der Waals surface area contributed by atoms with Gasteiger partial charge in [0.2, 0.25) is 0 Å². The topological polar surface area (TPSA) is 15.3 Å². The van der Waals surface area contributed by atoms with Crippen molar-refractivity contribution in [2.45, 2.75) is 44.7 Å². The lowest BCUT2D eigenvalue weighted by atomic mass is 10.1. The second-order valence-electron chi connectivity index (χ2n) is 3.87. The first-order valence-corrected chi connectivity index (χ1v) is 5.17. The largest absolute Gasteiger partial charge is 0.315 e. The zero-order valence-corrected chi connectivity index (χ0v) is 8.64. The summed E-state index contributed by atoms with van der Waals surface area (Å²) in [5, 5.41) is 3.41. The second kappa shape index (κ2) is 4.83. The number of likely N-dealkylation sites (N-methyl/N-ethyl adjacent to an activating group) is 2. The van der Waals surface area contributed by atoms with Crippen LogP contribution in [-0.4, -0.2) is 37.6 Å². The van der Waals surface area contributed by atoms with Crippen molar-refractivity contribution >= 4 is 0 Å². The fraction of sp³-hybridized carbons (Fsp3) is 1.00. The summed E-state index contributed by atoms with van der Waals surface area (Å²) in [7, 11) is 4.34. The Kier molecular flexibility index (Phi) is 4.02. The third-order valence-electron chi connectivity index (χ3n) is 2.99. The molecule has 2 nitrogen and oxygen atoms in total. The van der Waals surface area contributed by atoms with Crippen LogP contribution < -0.4 is 5.32 Å². The van der Waals surface area contributed by atoms with Crippen molar-refractivity contribution < 1.29 is 0 Å². The van der Waals surface area contributed by atoms with Crippen molar-refractivity contribution in [1.29, 1.82) is 0 Å². The van der Waals surface area contributed by atoms with Gasteiger partial charge in [-0.3, -0.25) is 0 Å². The molecule has 2 unspecified atom stereocenters. The monoisotopic (exact) mass is 170 g/mol. The Morgan fingerprint density at radius 3 is 2.75 bits per heavy atom. The average Bonchev–Trinajstić information content (AvgIpc) is 2.51. The van der Waals surface area contributed by atoms with Crippen molar-refractivity contribution in [1.82, 2.24) is 10.2 Å². The number of rotatable bonds is 4. The molecular weight excluding hydrogens is 148 g/mol. The Morgan fingerprint density at radius 2 is 2.17 bits per heavy atom. The van der Waals surface area contributed by atoms with Crippen LogP contribution in [0.4, 0.5) is 0 Å². The third-order valence-corrected chi connectivity index (χ3v) is 2.99. The molecule has 0 saturated heterocycles. The average molecular weight is 170 g/mol. The first-order chi connectivity index (χ1) is 5.79. The van der Waals surface area contributed by atoms with Gasteiger partial charge in [0.25, 0.3) is 0 Å². The first-order valence-electron chi connectivity index (χ1n) is 5.17. The van der Waals surface area contributed by atoms with Gasteiger partial charge in [-0.25, -0.2) is 0 Å². The van der Waals surface area contributed by atoms with E-state index in [-0.39, 0.29) is 0 Å². The summed E-state index contributed by atoms with van der Waals surface area (Å²) in [6.07, 6.45) is 5.39. The van der Waals surface area contributed by atoms with Crippen LogP contribution in [0.25, 0.3) is 0 Å². The van der Waals surface area contributed by atoms with Gasteiger partial charge in [0.1, 0.15) is 0 Å². The lowest BCUT2D eigenvalue weighted by Gasteiger charge is -2.29. The maximum absolute atomic E-state index is 3.41. The van der Waals surface area contributed by atoms with Gasteiger partial charge >= 0.3 is 0 Å². The molecule has 2 atom stereocenters. The van der Waals surface area contributed by atoms with Crippen LogP contribution in [0.15, 0.2) is 0 Å². The predicted octanol–water partition coefficient (Wildman–Crippen LogP) is 1.47. The van der Waals surface area contributed by atoms with E-state index in [1.165, 1.54) is 32.2 Å². The Balaban J connectivity index is 2.38. The summed E-state index contributed by atoms with van der Waals surface area (Å²) in [6, 6.07) is 1.52. The standard InChI is InChI=1S/C10H22N2/c1-4-8-12(3)10-7-5-6-9(10)11-2/h9-11H,4-8H2,1-3H3. The van der Waals surface area contributed by atoms with Crippen molar-refractivity contribution in [2.75, 3.05) is 20.6 Å². The summed E-state index contributed by atoms with van der Waals surface area (Å²) in [5.74, 6) is 0. The molecule has 2 heteroatoms.